The van der Waals surface area contributed by atoms with Gasteiger partial charge in [0.15, 0.2) is 0 Å². The van der Waals surface area contributed by atoms with Crippen molar-refractivity contribution in [2.75, 3.05) is 13.6 Å². The minimum Gasteiger partial charge on any atom is -0.316 e. The second kappa shape index (κ2) is 6.25. The molecule has 1 heterocycles. The Morgan fingerprint density at radius 2 is 2.24 bits per heavy atom. The van der Waals surface area contributed by atoms with Crippen LogP contribution in [-0.4, -0.2) is 18.6 Å². The first-order valence-electron chi connectivity index (χ1n) is 5.39. The molecule has 0 saturated carbocycles. The van der Waals surface area contributed by atoms with Crippen LogP contribution in [0.25, 0.3) is 5.57 Å². The summed E-state index contributed by atoms with van der Waals surface area (Å²) in [6.07, 6.45) is 3.01. The number of allylic oxidation sites excluding steroid dienone is 2. The van der Waals surface area contributed by atoms with E-state index in [4.69, 9.17) is 0 Å². The largest absolute Gasteiger partial charge is 0.316 e. The summed E-state index contributed by atoms with van der Waals surface area (Å²) in [5.41, 5.74) is 0.965. The van der Waals surface area contributed by atoms with Crippen LogP contribution in [0.3, 0.4) is 0 Å². The van der Waals surface area contributed by atoms with E-state index in [1.807, 2.05) is 0 Å². The summed E-state index contributed by atoms with van der Waals surface area (Å²) < 4.78 is 27.5. The van der Waals surface area contributed by atoms with Crippen molar-refractivity contribution < 1.29 is 8.78 Å². The molecule has 0 radical (unpaired) electrons. The zero-order valence-electron chi connectivity index (χ0n) is 10.2. The predicted molar refractivity (Wildman–Crippen MR) is 65.6 cm³/mol. The van der Waals surface area contributed by atoms with Crippen LogP contribution in [0, 0.1) is 5.95 Å². The smallest absolute Gasteiger partial charge is 0.220 e. The van der Waals surface area contributed by atoms with Gasteiger partial charge in [-0.25, -0.2) is 9.37 Å². The Labute approximate surface area is 100 Å². The van der Waals surface area contributed by atoms with E-state index in [9.17, 15) is 8.78 Å². The number of nitrogens with zero attached hydrogens (tertiary/aromatic N) is 1. The fourth-order valence-corrected chi connectivity index (χ4v) is 1.52. The number of pyridine rings is 1. The van der Waals surface area contributed by atoms with Crippen molar-refractivity contribution in [1.29, 1.82) is 0 Å². The third-order valence-corrected chi connectivity index (χ3v) is 2.49. The molecule has 0 aliphatic heterocycles. The van der Waals surface area contributed by atoms with Crippen molar-refractivity contribution >= 4 is 5.57 Å². The van der Waals surface area contributed by atoms with Crippen LogP contribution in [0.15, 0.2) is 35.8 Å². The van der Waals surface area contributed by atoms with Crippen LogP contribution < -0.4 is 5.32 Å². The highest BCUT2D eigenvalue weighted by atomic mass is 19.1. The van der Waals surface area contributed by atoms with Gasteiger partial charge >= 0.3 is 0 Å². The Kier molecular flexibility index (Phi) is 4.97. The van der Waals surface area contributed by atoms with Gasteiger partial charge in [-0.3, -0.25) is 0 Å². The van der Waals surface area contributed by atoms with E-state index >= 15 is 0 Å². The topological polar surface area (TPSA) is 24.9 Å². The van der Waals surface area contributed by atoms with Crippen LogP contribution in [-0.2, 0) is 0 Å². The molecule has 0 unspecified atom stereocenters. The van der Waals surface area contributed by atoms with Crippen molar-refractivity contribution in [2.45, 2.75) is 13.8 Å². The van der Waals surface area contributed by atoms with Crippen molar-refractivity contribution in [2.24, 2.45) is 0 Å². The molecule has 0 saturated heterocycles. The second-order valence-electron chi connectivity index (χ2n) is 3.62. The van der Waals surface area contributed by atoms with Gasteiger partial charge in [-0.1, -0.05) is 6.08 Å². The van der Waals surface area contributed by atoms with Crippen LogP contribution in [0.1, 0.15) is 19.4 Å². The lowest BCUT2D eigenvalue weighted by Gasteiger charge is -2.08. The monoisotopic (exact) mass is 238 g/mol. The molecular weight excluding hydrogens is 222 g/mol. The number of nitrogens with one attached hydrogen (secondary N) is 1. The molecule has 1 aromatic rings. The van der Waals surface area contributed by atoms with Crippen LogP contribution in [0.5, 0.6) is 0 Å². The van der Waals surface area contributed by atoms with Crippen molar-refractivity contribution in [1.82, 2.24) is 10.3 Å². The molecule has 2 nitrogen and oxygen atoms in total. The van der Waals surface area contributed by atoms with E-state index in [0.717, 1.165) is 0 Å². The molecule has 1 rings (SSSR count). The summed E-state index contributed by atoms with van der Waals surface area (Å²) in [6, 6.07) is 3.10. The molecule has 0 aliphatic rings. The lowest BCUT2D eigenvalue weighted by molar-refractivity contribution is 0.577. The van der Waals surface area contributed by atoms with Gasteiger partial charge in [-0.05, 0) is 44.2 Å². The average molecular weight is 238 g/mol. The Morgan fingerprint density at radius 3 is 2.76 bits per heavy atom. The van der Waals surface area contributed by atoms with E-state index in [1.165, 1.54) is 12.3 Å². The van der Waals surface area contributed by atoms with E-state index in [0.29, 0.717) is 12.1 Å². The maximum Gasteiger partial charge on any atom is 0.220 e. The fraction of sp³-hybridized carbons (Fsp3) is 0.308. The van der Waals surface area contributed by atoms with Gasteiger partial charge in [0.1, 0.15) is 5.83 Å². The van der Waals surface area contributed by atoms with Crippen LogP contribution in [0.4, 0.5) is 8.78 Å². The summed E-state index contributed by atoms with van der Waals surface area (Å²) in [5, 5.41) is 2.87. The molecule has 17 heavy (non-hydrogen) atoms. The number of halogens is 2. The summed E-state index contributed by atoms with van der Waals surface area (Å²) in [4.78, 5) is 3.51. The van der Waals surface area contributed by atoms with Gasteiger partial charge < -0.3 is 5.32 Å². The predicted octanol–water partition coefficient (Wildman–Crippen LogP) is 3.09. The van der Waals surface area contributed by atoms with Gasteiger partial charge in [0, 0.05) is 18.3 Å². The molecule has 0 aliphatic carbocycles. The molecule has 0 spiro atoms. The first-order valence-corrected chi connectivity index (χ1v) is 5.39. The van der Waals surface area contributed by atoms with Gasteiger partial charge in [-0.15, -0.1) is 0 Å². The van der Waals surface area contributed by atoms with Gasteiger partial charge in [0.05, 0.1) is 0 Å². The third kappa shape index (κ3) is 3.20. The molecule has 1 N–H and O–H groups in total. The van der Waals surface area contributed by atoms with Crippen LogP contribution in [0.2, 0.25) is 0 Å². The Hall–Kier alpha value is -1.55. The highest BCUT2D eigenvalue weighted by Crippen LogP contribution is 2.25. The molecular formula is C13H16F2N2. The maximum absolute atomic E-state index is 14.1. The Morgan fingerprint density at radius 1 is 1.53 bits per heavy atom. The summed E-state index contributed by atoms with van der Waals surface area (Å²) in [7, 11) is 1.73. The minimum atomic E-state index is -0.653. The van der Waals surface area contributed by atoms with Gasteiger partial charge in [0.2, 0.25) is 5.95 Å². The van der Waals surface area contributed by atoms with E-state index in [-0.39, 0.29) is 11.1 Å². The van der Waals surface area contributed by atoms with E-state index < -0.39 is 11.8 Å². The van der Waals surface area contributed by atoms with Gasteiger partial charge in [0.25, 0.3) is 0 Å². The van der Waals surface area contributed by atoms with Crippen molar-refractivity contribution in [3.63, 3.8) is 0 Å². The molecule has 0 aromatic carbocycles. The van der Waals surface area contributed by atoms with E-state index in [2.05, 4.69) is 10.3 Å². The van der Waals surface area contributed by atoms with Crippen molar-refractivity contribution in [3.05, 3.63) is 47.3 Å². The molecule has 4 heteroatoms. The number of hydrogen-bond acceptors (Lipinski definition) is 2. The number of aromatic nitrogens is 1. The number of likely N-dealkylation sites (N-methyl/N-ethyl adjacent to an activating group) is 1. The third-order valence-electron chi connectivity index (χ3n) is 2.49. The molecule has 0 amide bonds. The molecule has 92 valence electrons. The SMILES string of the molecule is C/C=C(CNC)\C(F)=C(/C)c1cccnc1F. The molecule has 0 atom stereocenters. The standard InChI is InChI=1S/C13H16F2N2/c1-4-10(8-16-3)12(14)9(2)11-6-5-7-17-13(11)15/h4-7,16H,8H2,1-3H3/b10-4-,12-9-. The zero-order chi connectivity index (χ0) is 12.8. The molecule has 0 fully saturated rings. The lowest BCUT2D eigenvalue weighted by atomic mass is 10.0. The Balaban J connectivity index is 3.17. The fourth-order valence-electron chi connectivity index (χ4n) is 1.52. The summed E-state index contributed by atoms with van der Waals surface area (Å²) in [5.74, 6) is -1.06. The Bertz CT molecular complexity index is 450. The maximum atomic E-state index is 14.1. The first kappa shape index (κ1) is 13.5. The first-order chi connectivity index (χ1) is 8.11. The van der Waals surface area contributed by atoms with Crippen molar-refractivity contribution in [3.8, 4) is 0 Å². The van der Waals surface area contributed by atoms with Gasteiger partial charge in [-0.2, -0.15) is 4.39 Å². The summed E-state index contributed by atoms with van der Waals surface area (Å²) in [6.45, 7) is 3.70. The number of rotatable bonds is 4. The minimum absolute atomic E-state index is 0.195. The van der Waals surface area contributed by atoms with Crippen LogP contribution >= 0.6 is 0 Å². The quantitative estimate of drug-likeness (QED) is 0.644. The second-order valence-corrected chi connectivity index (χ2v) is 3.62. The normalized spacial score (nSPS) is 13.6. The van der Waals surface area contributed by atoms with E-state index in [1.54, 1.807) is 33.0 Å². The highest BCUT2D eigenvalue weighted by molar-refractivity contribution is 5.68. The average Bonchev–Trinajstić information content (AvgIpc) is 2.35. The number of hydrogen-bond donors (Lipinski definition) is 1. The lowest BCUT2D eigenvalue weighted by Crippen LogP contribution is -2.11. The zero-order valence-corrected chi connectivity index (χ0v) is 10.2. The highest BCUT2D eigenvalue weighted by Gasteiger charge is 2.12. The molecule has 0 bridgehead atoms. The molecule has 1 aromatic heterocycles. The summed E-state index contributed by atoms with van der Waals surface area (Å²) >= 11 is 0.